The van der Waals surface area contributed by atoms with E-state index in [0.717, 1.165) is 23.4 Å². The van der Waals surface area contributed by atoms with E-state index in [1.165, 1.54) is 0 Å². The molecule has 2 unspecified atom stereocenters. The lowest BCUT2D eigenvalue weighted by Gasteiger charge is -2.28. The van der Waals surface area contributed by atoms with Gasteiger partial charge in [0, 0.05) is 37.1 Å². The van der Waals surface area contributed by atoms with Gasteiger partial charge in [0.15, 0.2) is 0 Å². The lowest BCUT2D eigenvalue weighted by Crippen LogP contribution is -2.20. The van der Waals surface area contributed by atoms with Crippen LogP contribution in [0.1, 0.15) is 35.2 Å². The third-order valence-electron chi connectivity index (χ3n) is 5.58. The molecule has 1 aliphatic carbocycles. The van der Waals surface area contributed by atoms with Gasteiger partial charge in [0.1, 0.15) is 17.6 Å². The smallest absolute Gasteiger partial charge is 0.335 e. The number of aromatic nitrogens is 1. The third kappa shape index (κ3) is 5.00. The molecule has 1 heterocycles. The van der Waals surface area contributed by atoms with Gasteiger partial charge >= 0.3 is 5.97 Å². The minimum Gasteiger partial charge on any atom is -0.497 e. The van der Waals surface area contributed by atoms with Crippen LogP contribution in [0.25, 0.3) is 0 Å². The molecule has 0 amide bonds. The van der Waals surface area contributed by atoms with Crippen molar-refractivity contribution in [1.29, 1.82) is 0 Å². The molecule has 2 aromatic carbocycles. The van der Waals surface area contributed by atoms with E-state index in [2.05, 4.69) is 4.98 Å². The van der Waals surface area contributed by atoms with Gasteiger partial charge in [-0.05, 0) is 54.8 Å². The fraction of sp³-hybridized carbons (Fsp3) is 0.280. The van der Waals surface area contributed by atoms with Crippen molar-refractivity contribution in [3.8, 4) is 11.5 Å². The number of benzene rings is 2. The summed E-state index contributed by atoms with van der Waals surface area (Å²) >= 11 is 0. The van der Waals surface area contributed by atoms with Crippen molar-refractivity contribution in [2.24, 2.45) is 0 Å². The summed E-state index contributed by atoms with van der Waals surface area (Å²) in [7, 11) is 1.60. The Kier molecular flexibility index (Phi) is 6.56. The predicted octanol–water partition coefficient (Wildman–Crippen LogP) is 4.42. The lowest BCUT2D eigenvalue weighted by molar-refractivity contribution is 0.0697. The highest BCUT2D eigenvalue weighted by Crippen LogP contribution is 2.40. The van der Waals surface area contributed by atoms with Gasteiger partial charge < -0.3 is 24.6 Å². The van der Waals surface area contributed by atoms with E-state index in [-0.39, 0.29) is 17.8 Å². The number of aliphatic hydroxyl groups is 1. The number of carboxylic acids is 1. The van der Waals surface area contributed by atoms with E-state index >= 15 is 0 Å². The predicted molar refractivity (Wildman–Crippen MR) is 121 cm³/mol. The molecule has 7 nitrogen and oxygen atoms in total. The Labute approximate surface area is 186 Å². The van der Waals surface area contributed by atoms with Crippen molar-refractivity contribution in [1.82, 2.24) is 4.98 Å². The summed E-state index contributed by atoms with van der Waals surface area (Å²) in [5.74, 6) is 0.287. The molecule has 0 bridgehead atoms. The van der Waals surface area contributed by atoms with Crippen molar-refractivity contribution < 1.29 is 24.5 Å². The van der Waals surface area contributed by atoms with E-state index < -0.39 is 5.97 Å². The van der Waals surface area contributed by atoms with Crippen molar-refractivity contribution in [3.63, 3.8) is 0 Å². The summed E-state index contributed by atoms with van der Waals surface area (Å²) in [6, 6.07) is 16.2. The van der Waals surface area contributed by atoms with E-state index in [9.17, 15) is 15.0 Å². The molecule has 2 atom stereocenters. The molecule has 7 heteroatoms. The fourth-order valence-electron chi connectivity index (χ4n) is 3.94. The van der Waals surface area contributed by atoms with Gasteiger partial charge in [-0.25, -0.2) is 4.79 Å². The van der Waals surface area contributed by atoms with Gasteiger partial charge in [-0.1, -0.05) is 12.1 Å². The number of carbonyl (C=O) groups is 1. The lowest BCUT2D eigenvalue weighted by atomic mass is 10.1. The molecule has 0 saturated heterocycles. The second-order valence-electron chi connectivity index (χ2n) is 7.84. The zero-order valence-corrected chi connectivity index (χ0v) is 17.8. The number of hydrogen-bond acceptors (Lipinski definition) is 6. The van der Waals surface area contributed by atoms with Crippen LogP contribution < -0.4 is 14.4 Å². The van der Waals surface area contributed by atoms with Crippen molar-refractivity contribution >= 4 is 17.3 Å². The second-order valence-corrected chi connectivity index (χ2v) is 7.84. The summed E-state index contributed by atoms with van der Waals surface area (Å²) in [4.78, 5) is 17.8. The Morgan fingerprint density at radius 2 is 2.03 bits per heavy atom. The zero-order valence-electron chi connectivity index (χ0n) is 17.8. The van der Waals surface area contributed by atoms with Crippen molar-refractivity contribution in [3.05, 3.63) is 78.1 Å². The number of hydrogen-bond donors (Lipinski definition) is 2. The second kappa shape index (κ2) is 9.70. The van der Waals surface area contributed by atoms with Gasteiger partial charge in [0.05, 0.1) is 24.5 Å². The normalized spacial score (nSPS) is 17.7. The van der Waals surface area contributed by atoms with E-state index in [4.69, 9.17) is 9.47 Å². The Morgan fingerprint density at radius 3 is 2.72 bits per heavy atom. The molecule has 4 rings (SSSR count). The van der Waals surface area contributed by atoms with E-state index in [1.807, 2.05) is 41.3 Å². The van der Waals surface area contributed by atoms with Crippen LogP contribution in [0.5, 0.6) is 11.5 Å². The molecule has 3 aromatic rings. The zero-order chi connectivity index (χ0) is 22.5. The number of methoxy groups -OCH3 is 1. The fourth-order valence-corrected chi connectivity index (χ4v) is 3.94. The Morgan fingerprint density at radius 1 is 1.16 bits per heavy atom. The summed E-state index contributed by atoms with van der Waals surface area (Å²) < 4.78 is 11.7. The highest BCUT2D eigenvalue weighted by molar-refractivity contribution is 5.89. The molecule has 0 radical (unpaired) electrons. The average molecular weight is 434 g/mol. The molecule has 1 fully saturated rings. The van der Waals surface area contributed by atoms with Crippen molar-refractivity contribution in [2.75, 3.05) is 12.0 Å². The maximum atomic E-state index is 11.6. The average Bonchev–Trinajstić information content (AvgIpc) is 3.23. The van der Waals surface area contributed by atoms with Crippen LogP contribution in [0, 0.1) is 0 Å². The van der Waals surface area contributed by atoms with E-state index in [1.54, 1.807) is 37.7 Å². The standard InChI is InChI=1S/C25H26N2O5/c1-31-21-9-10-23(24(14-21)32-22-8-7-20(28)13-22)27(16-17-4-3-11-26-15-17)19-6-2-5-18(12-19)25(29)30/h2-6,9-12,14-15,20,22,28H,7-8,13,16H2,1H3,(H,29,30). The monoisotopic (exact) mass is 434 g/mol. The molecule has 2 N–H and O–H groups in total. The molecule has 1 aromatic heterocycles. The Balaban J connectivity index is 1.77. The maximum absolute atomic E-state index is 11.6. The van der Waals surface area contributed by atoms with Crippen LogP contribution in [-0.2, 0) is 6.54 Å². The maximum Gasteiger partial charge on any atom is 0.335 e. The number of ether oxygens (including phenoxy) is 2. The summed E-state index contributed by atoms with van der Waals surface area (Å²) in [6.45, 7) is 0.465. The topological polar surface area (TPSA) is 92.1 Å². The Hall–Kier alpha value is -3.58. The summed E-state index contributed by atoms with van der Waals surface area (Å²) in [6.07, 6.45) is 5.11. The Bertz CT molecular complexity index is 1070. The summed E-state index contributed by atoms with van der Waals surface area (Å²) in [5.41, 5.74) is 2.66. The van der Waals surface area contributed by atoms with Gasteiger partial charge in [0.2, 0.25) is 0 Å². The third-order valence-corrected chi connectivity index (χ3v) is 5.58. The van der Waals surface area contributed by atoms with Crippen LogP contribution in [0.3, 0.4) is 0 Å². The van der Waals surface area contributed by atoms with Crippen molar-refractivity contribution in [2.45, 2.75) is 38.0 Å². The van der Waals surface area contributed by atoms with E-state index in [0.29, 0.717) is 30.9 Å². The number of anilines is 2. The quantitative estimate of drug-likeness (QED) is 0.542. The van der Waals surface area contributed by atoms with Gasteiger partial charge in [-0.2, -0.15) is 0 Å². The number of aromatic carboxylic acids is 1. The van der Waals surface area contributed by atoms with Crippen LogP contribution in [-0.4, -0.2) is 40.5 Å². The first-order valence-corrected chi connectivity index (χ1v) is 10.6. The SMILES string of the molecule is COc1ccc(N(Cc2cccnc2)c2cccc(C(=O)O)c2)c(OC2CCC(O)C2)c1. The van der Waals surface area contributed by atoms with Crippen LogP contribution >= 0.6 is 0 Å². The highest BCUT2D eigenvalue weighted by atomic mass is 16.5. The molecule has 1 saturated carbocycles. The largest absolute Gasteiger partial charge is 0.497 e. The number of rotatable bonds is 8. The first-order valence-electron chi connectivity index (χ1n) is 10.6. The molecule has 32 heavy (non-hydrogen) atoms. The number of aliphatic hydroxyl groups excluding tert-OH is 1. The highest BCUT2D eigenvalue weighted by Gasteiger charge is 2.26. The molecule has 0 aliphatic heterocycles. The van der Waals surface area contributed by atoms with Gasteiger partial charge in [0.25, 0.3) is 0 Å². The van der Waals surface area contributed by atoms with Crippen LogP contribution in [0.2, 0.25) is 0 Å². The molecular formula is C25H26N2O5. The van der Waals surface area contributed by atoms with Gasteiger partial charge in [-0.3, -0.25) is 4.98 Å². The first-order chi connectivity index (χ1) is 15.5. The molecule has 1 aliphatic rings. The number of nitrogens with zero attached hydrogens (tertiary/aromatic N) is 2. The minimum absolute atomic E-state index is 0.0959. The van der Waals surface area contributed by atoms with Gasteiger partial charge in [-0.15, -0.1) is 0 Å². The molecular weight excluding hydrogens is 408 g/mol. The van der Waals surface area contributed by atoms with Crippen LogP contribution in [0.4, 0.5) is 11.4 Å². The number of carboxylic acid groups (broad SMARTS) is 1. The first kappa shape index (κ1) is 21.6. The summed E-state index contributed by atoms with van der Waals surface area (Å²) in [5, 5.41) is 19.4. The molecule has 166 valence electrons. The number of pyridine rings is 1. The minimum atomic E-state index is -0.987. The molecule has 0 spiro atoms. The van der Waals surface area contributed by atoms with Crippen LogP contribution in [0.15, 0.2) is 67.0 Å².